The molecule has 0 aliphatic rings. The predicted octanol–water partition coefficient (Wildman–Crippen LogP) is 5.08. The van der Waals surface area contributed by atoms with E-state index in [0.29, 0.717) is 18.4 Å². The van der Waals surface area contributed by atoms with Gasteiger partial charge in [-0.2, -0.15) is 0 Å². The summed E-state index contributed by atoms with van der Waals surface area (Å²) in [5.41, 5.74) is 2.25. The SMILES string of the molecule is CCCCC(CC)COCC(O)c1ccc(C(C)C)cc1. The molecule has 0 radical (unpaired) electrons. The highest BCUT2D eigenvalue weighted by atomic mass is 16.5. The third kappa shape index (κ3) is 6.62. The minimum Gasteiger partial charge on any atom is -0.386 e. The molecule has 1 aromatic rings. The molecule has 1 N–H and O–H groups in total. The van der Waals surface area contributed by atoms with Crippen LogP contribution in [0.3, 0.4) is 0 Å². The molecule has 1 aromatic carbocycles. The lowest BCUT2D eigenvalue weighted by molar-refractivity contribution is 0.0181. The van der Waals surface area contributed by atoms with Gasteiger partial charge in [-0.3, -0.25) is 0 Å². The molecular weight excluding hydrogens is 260 g/mol. The predicted molar refractivity (Wildman–Crippen MR) is 89.6 cm³/mol. The fourth-order valence-electron chi connectivity index (χ4n) is 2.44. The van der Waals surface area contributed by atoms with Crippen molar-refractivity contribution in [1.82, 2.24) is 0 Å². The van der Waals surface area contributed by atoms with Gasteiger partial charge >= 0.3 is 0 Å². The molecular formula is C19H32O2. The van der Waals surface area contributed by atoms with Crippen LogP contribution in [0.5, 0.6) is 0 Å². The van der Waals surface area contributed by atoms with E-state index in [-0.39, 0.29) is 0 Å². The fraction of sp³-hybridized carbons (Fsp3) is 0.684. The maximum atomic E-state index is 10.2. The quantitative estimate of drug-likeness (QED) is 0.652. The second-order valence-electron chi connectivity index (χ2n) is 6.29. The fourth-order valence-corrected chi connectivity index (χ4v) is 2.44. The molecule has 0 bridgehead atoms. The Kier molecular flexibility index (Phi) is 8.63. The number of hydrogen-bond donors (Lipinski definition) is 1. The van der Waals surface area contributed by atoms with Gasteiger partial charge in [0.2, 0.25) is 0 Å². The van der Waals surface area contributed by atoms with E-state index in [1.54, 1.807) is 0 Å². The molecule has 0 saturated heterocycles. The van der Waals surface area contributed by atoms with Crippen LogP contribution in [0, 0.1) is 5.92 Å². The molecule has 2 heteroatoms. The Bertz CT molecular complexity index is 370. The van der Waals surface area contributed by atoms with E-state index in [4.69, 9.17) is 4.74 Å². The van der Waals surface area contributed by atoms with Crippen LogP contribution in [-0.2, 0) is 4.74 Å². The van der Waals surface area contributed by atoms with E-state index in [1.165, 1.54) is 24.8 Å². The maximum Gasteiger partial charge on any atom is 0.102 e. The summed E-state index contributed by atoms with van der Waals surface area (Å²) in [6.45, 7) is 9.94. The monoisotopic (exact) mass is 292 g/mol. The molecule has 2 atom stereocenters. The van der Waals surface area contributed by atoms with Gasteiger partial charge < -0.3 is 9.84 Å². The van der Waals surface area contributed by atoms with E-state index >= 15 is 0 Å². The second kappa shape index (κ2) is 9.97. The minimum absolute atomic E-state index is 0.393. The van der Waals surface area contributed by atoms with Crippen LogP contribution in [-0.4, -0.2) is 18.3 Å². The molecule has 0 heterocycles. The van der Waals surface area contributed by atoms with Crippen LogP contribution < -0.4 is 0 Å². The Hall–Kier alpha value is -0.860. The normalized spacial score (nSPS) is 14.4. The van der Waals surface area contributed by atoms with Crippen LogP contribution >= 0.6 is 0 Å². The summed E-state index contributed by atoms with van der Waals surface area (Å²) in [6.07, 6.45) is 4.36. The standard InChI is InChI=1S/C19H32O2/c1-5-7-8-16(6-2)13-21-14-19(20)18-11-9-17(10-12-18)15(3)4/h9-12,15-16,19-20H,5-8,13-14H2,1-4H3. The zero-order chi connectivity index (χ0) is 15.7. The maximum absolute atomic E-state index is 10.2. The van der Waals surface area contributed by atoms with Crippen LogP contribution in [0.25, 0.3) is 0 Å². The largest absolute Gasteiger partial charge is 0.386 e. The summed E-state index contributed by atoms with van der Waals surface area (Å²) >= 11 is 0. The van der Waals surface area contributed by atoms with E-state index < -0.39 is 6.10 Å². The van der Waals surface area contributed by atoms with Gasteiger partial charge in [-0.05, 0) is 29.4 Å². The average molecular weight is 292 g/mol. The van der Waals surface area contributed by atoms with Gasteiger partial charge in [0.1, 0.15) is 6.10 Å². The highest BCUT2D eigenvalue weighted by Gasteiger charge is 2.11. The molecule has 2 nitrogen and oxygen atoms in total. The van der Waals surface area contributed by atoms with Crippen LogP contribution in [0.15, 0.2) is 24.3 Å². The molecule has 0 aromatic heterocycles. The number of hydrogen-bond acceptors (Lipinski definition) is 2. The first-order valence-corrected chi connectivity index (χ1v) is 8.44. The van der Waals surface area contributed by atoms with Gasteiger partial charge in [-0.15, -0.1) is 0 Å². The average Bonchev–Trinajstić information content (AvgIpc) is 2.50. The van der Waals surface area contributed by atoms with E-state index in [2.05, 4.69) is 39.8 Å². The molecule has 0 spiro atoms. The third-order valence-electron chi connectivity index (χ3n) is 4.16. The first-order chi connectivity index (χ1) is 10.1. The van der Waals surface area contributed by atoms with Gasteiger partial charge in [0, 0.05) is 6.61 Å². The molecule has 120 valence electrons. The van der Waals surface area contributed by atoms with Crippen LogP contribution in [0.1, 0.15) is 76.5 Å². The summed E-state index contributed by atoms with van der Waals surface area (Å²) in [5.74, 6) is 1.15. The summed E-state index contributed by atoms with van der Waals surface area (Å²) in [7, 11) is 0. The van der Waals surface area contributed by atoms with Crippen molar-refractivity contribution in [2.45, 2.75) is 65.4 Å². The van der Waals surface area contributed by atoms with E-state index in [1.807, 2.05) is 12.1 Å². The van der Waals surface area contributed by atoms with Crippen LogP contribution in [0.4, 0.5) is 0 Å². The lowest BCUT2D eigenvalue weighted by Gasteiger charge is -2.17. The molecule has 0 amide bonds. The van der Waals surface area contributed by atoms with Crippen molar-refractivity contribution in [2.75, 3.05) is 13.2 Å². The number of unbranched alkanes of at least 4 members (excludes halogenated alkanes) is 1. The van der Waals surface area contributed by atoms with Crippen molar-refractivity contribution in [3.05, 3.63) is 35.4 Å². The Morgan fingerprint density at radius 3 is 2.14 bits per heavy atom. The zero-order valence-electron chi connectivity index (χ0n) is 14.1. The van der Waals surface area contributed by atoms with Gasteiger partial charge in [0.05, 0.1) is 6.61 Å². The molecule has 0 fully saturated rings. The number of aliphatic hydroxyl groups excluding tert-OH is 1. The second-order valence-corrected chi connectivity index (χ2v) is 6.29. The summed E-state index contributed by atoms with van der Waals surface area (Å²) < 4.78 is 5.73. The Morgan fingerprint density at radius 1 is 1.00 bits per heavy atom. The summed E-state index contributed by atoms with van der Waals surface area (Å²) in [6, 6.07) is 8.22. The molecule has 2 unspecified atom stereocenters. The minimum atomic E-state index is -0.519. The van der Waals surface area contributed by atoms with Crippen molar-refractivity contribution in [3.8, 4) is 0 Å². The van der Waals surface area contributed by atoms with Crippen LogP contribution in [0.2, 0.25) is 0 Å². The molecule has 0 aliphatic carbocycles. The van der Waals surface area contributed by atoms with Crippen molar-refractivity contribution in [3.63, 3.8) is 0 Å². The highest BCUT2D eigenvalue weighted by Crippen LogP contribution is 2.20. The molecule has 21 heavy (non-hydrogen) atoms. The third-order valence-corrected chi connectivity index (χ3v) is 4.16. The van der Waals surface area contributed by atoms with Crippen molar-refractivity contribution < 1.29 is 9.84 Å². The van der Waals surface area contributed by atoms with Crippen molar-refractivity contribution in [1.29, 1.82) is 0 Å². The van der Waals surface area contributed by atoms with Crippen molar-refractivity contribution in [2.24, 2.45) is 5.92 Å². The first kappa shape index (κ1) is 18.2. The summed E-state index contributed by atoms with van der Waals surface area (Å²) in [4.78, 5) is 0. The Morgan fingerprint density at radius 2 is 1.62 bits per heavy atom. The van der Waals surface area contributed by atoms with Gasteiger partial charge in [-0.1, -0.05) is 71.2 Å². The Balaban J connectivity index is 2.37. The lowest BCUT2D eigenvalue weighted by Crippen LogP contribution is -2.14. The lowest BCUT2D eigenvalue weighted by atomic mass is 10.00. The van der Waals surface area contributed by atoms with Gasteiger partial charge in [-0.25, -0.2) is 0 Å². The molecule has 1 rings (SSSR count). The van der Waals surface area contributed by atoms with Gasteiger partial charge in [0.25, 0.3) is 0 Å². The Labute approximate surface area is 130 Å². The molecule has 0 aliphatic heterocycles. The highest BCUT2D eigenvalue weighted by molar-refractivity contribution is 5.26. The van der Waals surface area contributed by atoms with E-state index in [9.17, 15) is 5.11 Å². The number of ether oxygens (including phenoxy) is 1. The molecule has 0 saturated carbocycles. The van der Waals surface area contributed by atoms with E-state index in [0.717, 1.165) is 18.6 Å². The zero-order valence-corrected chi connectivity index (χ0v) is 14.1. The topological polar surface area (TPSA) is 29.5 Å². The smallest absolute Gasteiger partial charge is 0.102 e. The number of rotatable bonds is 10. The number of aliphatic hydroxyl groups is 1. The number of benzene rings is 1. The first-order valence-electron chi connectivity index (χ1n) is 8.44. The summed E-state index contributed by atoms with van der Waals surface area (Å²) in [5, 5.41) is 10.2. The van der Waals surface area contributed by atoms with Crippen molar-refractivity contribution >= 4 is 0 Å². The van der Waals surface area contributed by atoms with Gasteiger partial charge in [0.15, 0.2) is 0 Å².